The summed E-state index contributed by atoms with van der Waals surface area (Å²) >= 11 is 0. The fourth-order valence-corrected chi connectivity index (χ4v) is 3.29. The molecule has 1 N–H and O–H groups in total. The van der Waals surface area contributed by atoms with Gasteiger partial charge in [0, 0.05) is 31.0 Å². The number of pyridine rings is 1. The Kier molecular flexibility index (Phi) is 6.20. The van der Waals surface area contributed by atoms with Crippen LogP contribution in [0, 0.1) is 18.3 Å². The molecular weight excluding hydrogens is 374 g/mol. The molecule has 1 aromatic carbocycles. The number of aromatic nitrogens is 1. The van der Waals surface area contributed by atoms with E-state index in [4.69, 9.17) is 14.2 Å². The molecule has 29 heavy (non-hydrogen) atoms. The van der Waals surface area contributed by atoms with Gasteiger partial charge in [0.1, 0.15) is 23.1 Å². The largest absolute Gasteiger partial charge is 0.497 e. The number of hydrogen-bond acceptors (Lipinski definition) is 7. The van der Waals surface area contributed by atoms with Gasteiger partial charge in [-0.05, 0) is 25.3 Å². The Balaban J connectivity index is 2.05. The Morgan fingerprint density at radius 2 is 2.03 bits per heavy atom. The molecule has 1 aliphatic rings. The van der Waals surface area contributed by atoms with E-state index in [1.807, 2.05) is 6.07 Å². The van der Waals surface area contributed by atoms with Crippen LogP contribution in [0.15, 0.2) is 28.0 Å². The van der Waals surface area contributed by atoms with E-state index in [9.17, 15) is 15.2 Å². The molecule has 3 rings (SSSR count). The van der Waals surface area contributed by atoms with Crippen molar-refractivity contribution in [3.05, 3.63) is 45.2 Å². The van der Waals surface area contributed by atoms with Crippen molar-refractivity contribution in [1.29, 1.82) is 5.26 Å². The summed E-state index contributed by atoms with van der Waals surface area (Å²) in [5, 5.41) is 20.2. The minimum atomic E-state index is -0.529. The Morgan fingerprint density at radius 1 is 1.34 bits per heavy atom. The fourth-order valence-electron chi connectivity index (χ4n) is 3.29. The zero-order chi connectivity index (χ0) is 21.0. The van der Waals surface area contributed by atoms with Crippen LogP contribution in [0.3, 0.4) is 0 Å². The van der Waals surface area contributed by atoms with Gasteiger partial charge >= 0.3 is 0 Å². The average molecular weight is 397 g/mol. The molecule has 1 aliphatic heterocycles. The summed E-state index contributed by atoms with van der Waals surface area (Å²) in [5.41, 5.74) is 0.664. The van der Waals surface area contributed by atoms with Gasteiger partial charge in [-0.3, -0.25) is 14.4 Å². The third kappa shape index (κ3) is 4.25. The maximum atomic E-state index is 12.7. The van der Waals surface area contributed by atoms with Crippen LogP contribution in [-0.4, -0.2) is 42.8 Å². The number of rotatable bonds is 6. The van der Waals surface area contributed by atoms with Crippen LogP contribution < -0.4 is 15.0 Å². The Labute approximate surface area is 168 Å². The summed E-state index contributed by atoms with van der Waals surface area (Å²) in [7, 11) is 3.08. The Bertz CT molecular complexity index is 1010. The van der Waals surface area contributed by atoms with Gasteiger partial charge in [-0.25, -0.2) is 0 Å². The molecule has 1 saturated heterocycles. The van der Waals surface area contributed by atoms with Gasteiger partial charge < -0.3 is 19.3 Å². The minimum absolute atomic E-state index is 0.0227. The van der Waals surface area contributed by atoms with Crippen molar-refractivity contribution < 1.29 is 19.3 Å². The molecule has 8 nitrogen and oxygen atoms in total. The SMILES string of the molecule is COc1cc(N=Cc2c(C)c(C#N)c(=O)n(CC3CCCO3)c2O)cc(OC)c1. The molecule has 0 bridgehead atoms. The number of methoxy groups -OCH3 is 2. The van der Waals surface area contributed by atoms with Crippen molar-refractivity contribution in [2.75, 3.05) is 20.8 Å². The normalized spacial score (nSPS) is 16.1. The number of aromatic hydroxyl groups is 1. The minimum Gasteiger partial charge on any atom is -0.497 e. The van der Waals surface area contributed by atoms with Crippen molar-refractivity contribution in [2.24, 2.45) is 4.99 Å². The molecule has 2 heterocycles. The molecule has 8 heteroatoms. The second-order valence-corrected chi connectivity index (χ2v) is 6.73. The van der Waals surface area contributed by atoms with Gasteiger partial charge in [0.2, 0.25) is 5.88 Å². The quantitative estimate of drug-likeness (QED) is 0.751. The number of nitrogens with zero attached hydrogens (tertiary/aromatic N) is 3. The van der Waals surface area contributed by atoms with E-state index in [2.05, 4.69) is 4.99 Å². The lowest BCUT2D eigenvalue weighted by atomic mass is 10.1. The molecule has 152 valence electrons. The smallest absolute Gasteiger partial charge is 0.271 e. The zero-order valence-electron chi connectivity index (χ0n) is 16.6. The number of nitriles is 1. The summed E-state index contributed by atoms with van der Waals surface area (Å²) < 4.78 is 17.2. The highest BCUT2D eigenvalue weighted by atomic mass is 16.5. The third-order valence-corrected chi connectivity index (χ3v) is 4.94. The number of ether oxygens (including phenoxy) is 3. The van der Waals surface area contributed by atoms with Crippen LogP contribution in [0.1, 0.15) is 29.5 Å². The average Bonchev–Trinajstić information content (AvgIpc) is 3.24. The summed E-state index contributed by atoms with van der Waals surface area (Å²) in [6.45, 7) is 2.43. The van der Waals surface area contributed by atoms with Gasteiger partial charge in [0.25, 0.3) is 5.56 Å². The van der Waals surface area contributed by atoms with Crippen molar-refractivity contribution in [2.45, 2.75) is 32.4 Å². The molecule has 1 atom stereocenters. The monoisotopic (exact) mass is 397 g/mol. The van der Waals surface area contributed by atoms with Gasteiger partial charge in [0.15, 0.2) is 0 Å². The molecule has 0 saturated carbocycles. The van der Waals surface area contributed by atoms with Crippen molar-refractivity contribution in [3.63, 3.8) is 0 Å². The van der Waals surface area contributed by atoms with E-state index in [0.29, 0.717) is 34.9 Å². The van der Waals surface area contributed by atoms with Crippen LogP contribution in [-0.2, 0) is 11.3 Å². The maximum absolute atomic E-state index is 12.7. The van der Waals surface area contributed by atoms with Gasteiger partial charge in [-0.15, -0.1) is 0 Å². The van der Waals surface area contributed by atoms with E-state index in [1.54, 1.807) is 39.3 Å². The molecule has 0 spiro atoms. The fraction of sp³-hybridized carbons (Fsp3) is 0.381. The van der Waals surface area contributed by atoms with Crippen LogP contribution in [0.4, 0.5) is 5.69 Å². The molecular formula is C21H23N3O5. The van der Waals surface area contributed by atoms with Gasteiger partial charge in [-0.2, -0.15) is 5.26 Å². The van der Waals surface area contributed by atoms with E-state index >= 15 is 0 Å². The Morgan fingerprint density at radius 3 is 2.59 bits per heavy atom. The first-order valence-corrected chi connectivity index (χ1v) is 9.23. The second-order valence-electron chi connectivity index (χ2n) is 6.73. The van der Waals surface area contributed by atoms with E-state index < -0.39 is 5.56 Å². The number of benzene rings is 1. The molecule has 1 fully saturated rings. The first-order chi connectivity index (χ1) is 14.0. The predicted octanol–water partition coefficient (Wildman–Crippen LogP) is 2.68. The molecule has 1 aromatic heterocycles. The standard InChI is InChI=1S/C21H23N3O5/c1-13-18(10-22)20(25)24(12-15-5-4-6-29-15)21(26)19(13)11-23-14-7-16(27-2)9-17(8-14)28-3/h7-9,11,15,26H,4-6,12H2,1-3H3. The van der Waals surface area contributed by atoms with E-state index in [0.717, 1.165) is 12.8 Å². The van der Waals surface area contributed by atoms with Crippen LogP contribution in [0.25, 0.3) is 0 Å². The van der Waals surface area contributed by atoms with E-state index in [1.165, 1.54) is 10.8 Å². The highest BCUT2D eigenvalue weighted by molar-refractivity contribution is 5.87. The zero-order valence-corrected chi connectivity index (χ0v) is 16.6. The lowest BCUT2D eigenvalue weighted by molar-refractivity contribution is 0.0938. The molecule has 1 unspecified atom stereocenters. The number of aliphatic imine (C=N–C) groups is 1. The van der Waals surface area contributed by atoms with Crippen molar-refractivity contribution in [1.82, 2.24) is 4.57 Å². The maximum Gasteiger partial charge on any atom is 0.271 e. The number of hydrogen-bond donors (Lipinski definition) is 1. The third-order valence-electron chi connectivity index (χ3n) is 4.94. The lowest BCUT2D eigenvalue weighted by Gasteiger charge is -2.17. The first kappa shape index (κ1) is 20.4. The molecule has 2 aromatic rings. The van der Waals surface area contributed by atoms with Gasteiger partial charge in [-0.1, -0.05) is 0 Å². The van der Waals surface area contributed by atoms with Crippen molar-refractivity contribution >= 4 is 11.9 Å². The predicted molar refractivity (Wildman–Crippen MR) is 108 cm³/mol. The van der Waals surface area contributed by atoms with E-state index in [-0.39, 0.29) is 24.1 Å². The Hall–Kier alpha value is -3.31. The summed E-state index contributed by atoms with van der Waals surface area (Å²) in [4.78, 5) is 17.1. The topological polar surface area (TPSA) is 106 Å². The summed E-state index contributed by atoms with van der Waals surface area (Å²) in [6, 6.07) is 7.08. The van der Waals surface area contributed by atoms with Crippen LogP contribution in [0.5, 0.6) is 17.4 Å². The molecule has 0 amide bonds. The first-order valence-electron chi connectivity index (χ1n) is 9.23. The lowest BCUT2D eigenvalue weighted by Crippen LogP contribution is -2.29. The van der Waals surface area contributed by atoms with Crippen LogP contribution in [0.2, 0.25) is 0 Å². The highest BCUT2D eigenvalue weighted by Gasteiger charge is 2.23. The highest BCUT2D eigenvalue weighted by Crippen LogP contribution is 2.29. The molecule has 0 radical (unpaired) electrons. The van der Waals surface area contributed by atoms with Gasteiger partial charge in [0.05, 0.1) is 38.1 Å². The summed E-state index contributed by atoms with van der Waals surface area (Å²) in [5.74, 6) is 0.901. The molecule has 0 aliphatic carbocycles. The summed E-state index contributed by atoms with van der Waals surface area (Å²) in [6.07, 6.45) is 2.98. The van der Waals surface area contributed by atoms with Crippen LogP contribution >= 0.6 is 0 Å². The van der Waals surface area contributed by atoms with Crippen molar-refractivity contribution in [3.8, 4) is 23.4 Å². The second kappa shape index (κ2) is 8.80.